The topological polar surface area (TPSA) is 99.4 Å². The first kappa shape index (κ1) is 16.6. The van der Waals surface area contributed by atoms with Crippen LogP contribution in [0.3, 0.4) is 0 Å². The third-order valence-corrected chi connectivity index (χ3v) is 4.85. The maximum atomic E-state index is 12.0. The number of rotatable bonds is 4. The van der Waals surface area contributed by atoms with Gasteiger partial charge >= 0.3 is 5.97 Å². The number of esters is 1. The van der Waals surface area contributed by atoms with Crippen LogP contribution >= 0.6 is 0 Å². The molecule has 0 unspecified atom stereocenters. The minimum atomic E-state index is -0.888. The Bertz CT molecular complexity index is 750. The van der Waals surface area contributed by atoms with Crippen molar-refractivity contribution >= 4 is 17.0 Å². The first-order valence-corrected chi connectivity index (χ1v) is 8.10. The zero-order valence-corrected chi connectivity index (χ0v) is 14.2. The Balaban J connectivity index is 1.84. The molecule has 1 N–H and O–H groups in total. The van der Waals surface area contributed by atoms with Crippen molar-refractivity contribution in [1.29, 1.82) is 0 Å². The average Bonchev–Trinajstić information content (AvgIpc) is 3.05. The summed E-state index contributed by atoms with van der Waals surface area (Å²) in [5.41, 5.74) is -0.392. The smallest absolute Gasteiger partial charge is 0.338 e. The lowest BCUT2D eigenvalue weighted by Crippen LogP contribution is -2.44. The van der Waals surface area contributed by atoms with Gasteiger partial charge in [0, 0.05) is 25.8 Å². The quantitative estimate of drug-likeness (QED) is 0.851. The van der Waals surface area contributed by atoms with E-state index < -0.39 is 5.60 Å². The van der Waals surface area contributed by atoms with Gasteiger partial charge in [0.2, 0.25) is 5.88 Å². The van der Waals surface area contributed by atoms with Gasteiger partial charge in [0.05, 0.1) is 7.11 Å². The molecule has 130 valence electrons. The summed E-state index contributed by atoms with van der Waals surface area (Å²) in [7, 11) is 2.90. The van der Waals surface area contributed by atoms with E-state index in [1.54, 1.807) is 10.9 Å². The molecule has 0 saturated heterocycles. The van der Waals surface area contributed by atoms with Crippen LogP contribution in [0, 0.1) is 0 Å². The lowest BCUT2D eigenvalue weighted by molar-refractivity contribution is -0.170. The number of fused-ring (bicyclic) bond motifs is 1. The van der Waals surface area contributed by atoms with E-state index in [0.717, 1.165) is 0 Å². The summed E-state index contributed by atoms with van der Waals surface area (Å²) in [6.07, 6.45) is 4.17. The average molecular weight is 334 g/mol. The molecular weight excluding hydrogens is 312 g/mol. The van der Waals surface area contributed by atoms with Crippen LogP contribution in [-0.2, 0) is 20.8 Å². The molecule has 2 heterocycles. The van der Waals surface area contributed by atoms with E-state index in [2.05, 4.69) is 15.1 Å². The van der Waals surface area contributed by atoms with Crippen LogP contribution in [-0.4, -0.2) is 50.6 Å². The lowest BCUT2D eigenvalue weighted by Gasteiger charge is -2.35. The summed E-state index contributed by atoms with van der Waals surface area (Å²) in [6, 6.07) is 0. The summed E-state index contributed by atoms with van der Waals surface area (Å²) in [6.45, 7) is 2.67. The second-order valence-corrected chi connectivity index (χ2v) is 6.09. The molecule has 24 heavy (non-hydrogen) atoms. The molecule has 0 radical (unpaired) electrons. The molecule has 8 nitrogen and oxygen atoms in total. The van der Waals surface area contributed by atoms with Crippen LogP contribution < -0.4 is 0 Å². The fourth-order valence-corrected chi connectivity index (χ4v) is 3.32. The van der Waals surface area contributed by atoms with Crippen molar-refractivity contribution in [2.24, 2.45) is 0 Å². The standard InChI is InChI=1S/C16H22N4O4/c1-4-20-9-11-13(19-20)17-12(18-14(11)21)10-5-7-16(24-3,8-6-10)15(22)23-2/h9-10H,4-8H2,1-3H3,(H,17,18,19,21). The van der Waals surface area contributed by atoms with Crippen molar-refractivity contribution in [1.82, 2.24) is 19.7 Å². The molecule has 0 amide bonds. The molecule has 0 aromatic carbocycles. The zero-order chi connectivity index (χ0) is 17.3. The van der Waals surface area contributed by atoms with E-state index >= 15 is 0 Å². The molecule has 1 aliphatic rings. The van der Waals surface area contributed by atoms with Crippen molar-refractivity contribution in [2.45, 2.75) is 50.7 Å². The van der Waals surface area contributed by atoms with E-state index in [4.69, 9.17) is 9.47 Å². The van der Waals surface area contributed by atoms with Gasteiger partial charge in [-0.1, -0.05) is 0 Å². The normalized spacial score (nSPS) is 24.2. The molecule has 0 atom stereocenters. The van der Waals surface area contributed by atoms with Crippen molar-refractivity contribution in [3.8, 4) is 5.88 Å². The number of ether oxygens (including phenoxy) is 2. The lowest BCUT2D eigenvalue weighted by atomic mass is 9.78. The Hall–Kier alpha value is -2.22. The molecule has 0 bridgehead atoms. The number of aromatic hydroxyl groups is 1. The third-order valence-electron chi connectivity index (χ3n) is 4.85. The van der Waals surface area contributed by atoms with Crippen LogP contribution in [0.2, 0.25) is 0 Å². The van der Waals surface area contributed by atoms with E-state index in [9.17, 15) is 9.90 Å². The van der Waals surface area contributed by atoms with Gasteiger partial charge in [0.15, 0.2) is 11.2 Å². The van der Waals surface area contributed by atoms with Gasteiger partial charge in [-0.15, -0.1) is 0 Å². The molecule has 3 rings (SSSR count). The fourth-order valence-electron chi connectivity index (χ4n) is 3.32. The highest BCUT2D eigenvalue weighted by Gasteiger charge is 2.44. The molecule has 1 fully saturated rings. The molecule has 2 aromatic rings. The van der Waals surface area contributed by atoms with Gasteiger partial charge in [-0.25, -0.2) is 9.78 Å². The number of hydrogen-bond donors (Lipinski definition) is 1. The van der Waals surface area contributed by atoms with Crippen molar-refractivity contribution in [2.75, 3.05) is 14.2 Å². The SMILES string of the molecule is CCn1cc2c(O)nc(C3CCC(OC)(C(=O)OC)CC3)nc2n1. The summed E-state index contributed by atoms with van der Waals surface area (Å²) in [4.78, 5) is 20.7. The maximum Gasteiger partial charge on any atom is 0.338 e. The monoisotopic (exact) mass is 334 g/mol. The third kappa shape index (κ3) is 2.71. The van der Waals surface area contributed by atoms with Gasteiger partial charge in [0.1, 0.15) is 11.2 Å². The van der Waals surface area contributed by atoms with E-state index in [0.29, 0.717) is 49.1 Å². The van der Waals surface area contributed by atoms with Crippen LogP contribution in [0.1, 0.15) is 44.3 Å². The van der Waals surface area contributed by atoms with E-state index in [-0.39, 0.29) is 17.8 Å². The molecule has 1 saturated carbocycles. The predicted octanol–water partition coefficient (Wildman–Crippen LogP) is 1.77. The number of aromatic nitrogens is 4. The van der Waals surface area contributed by atoms with Gasteiger partial charge in [-0.05, 0) is 32.6 Å². The molecule has 1 aliphatic carbocycles. The molecule has 0 spiro atoms. The molecule has 8 heteroatoms. The number of carbonyl (C=O) groups excluding carboxylic acids is 1. The highest BCUT2D eigenvalue weighted by atomic mass is 16.6. The highest BCUT2D eigenvalue weighted by Crippen LogP contribution is 2.40. The van der Waals surface area contributed by atoms with Gasteiger partial charge in [0.25, 0.3) is 0 Å². The number of methoxy groups -OCH3 is 2. The van der Waals surface area contributed by atoms with E-state index in [1.165, 1.54) is 14.2 Å². The number of hydrogen-bond acceptors (Lipinski definition) is 7. The minimum Gasteiger partial charge on any atom is -0.493 e. The van der Waals surface area contributed by atoms with Crippen LogP contribution in [0.5, 0.6) is 5.88 Å². The molecule has 0 aliphatic heterocycles. The minimum absolute atomic E-state index is 0.0498. The second kappa shape index (κ2) is 6.35. The number of carbonyl (C=O) groups is 1. The highest BCUT2D eigenvalue weighted by molar-refractivity contribution is 5.80. The number of nitrogens with zero attached hydrogens (tertiary/aromatic N) is 4. The largest absolute Gasteiger partial charge is 0.493 e. The first-order chi connectivity index (χ1) is 11.5. The summed E-state index contributed by atoms with van der Waals surface area (Å²) in [5, 5.41) is 15.1. The van der Waals surface area contributed by atoms with Crippen molar-refractivity contribution in [3.05, 3.63) is 12.0 Å². The Morgan fingerprint density at radius 1 is 1.38 bits per heavy atom. The second-order valence-electron chi connectivity index (χ2n) is 6.09. The zero-order valence-electron chi connectivity index (χ0n) is 14.2. The molecular formula is C16H22N4O4. The fraction of sp³-hybridized carbons (Fsp3) is 0.625. The Morgan fingerprint density at radius 2 is 2.08 bits per heavy atom. The molecule has 2 aromatic heterocycles. The number of aryl methyl sites for hydroxylation is 1. The van der Waals surface area contributed by atoms with E-state index in [1.807, 2.05) is 6.92 Å². The Morgan fingerprint density at radius 3 is 2.67 bits per heavy atom. The van der Waals surface area contributed by atoms with Crippen molar-refractivity contribution < 1.29 is 19.4 Å². The van der Waals surface area contributed by atoms with Gasteiger partial charge in [-0.2, -0.15) is 10.1 Å². The maximum absolute atomic E-state index is 12.0. The predicted molar refractivity (Wildman–Crippen MR) is 85.6 cm³/mol. The van der Waals surface area contributed by atoms with Crippen LogP contribution in [0.25, 0.3) is 11.0 Å². The van der Waals surface area contributed by atoms with Crippen LogP contribution in [0.4, 0.5) is 0 Å². The van der Waals surface area contributed by atoms with Crippen LogP contribution in [0.15, 0.2) is 6.20 Å². The van der Waals surface area contributed by atoms with Gasteiger partial charge in [-0.3, -0.25) is 4.68 Å². The van der Waals surface area contributed by atoms with Gasteiger partial charge < -0.3 is 14.6 Å². The van der Waals surface area contributed by atoms with Crippen molar-refractivity contribution in [3.63, 3.8) is 0 Å². The summed E-state index contributed by atoms with van der Waals surface area (Å²) in [5.74, 6) is 0.228. The Labute approximate surface area is 139 Å². The Kier molecular flexibility index (Phi) is 4.40. The first-order valence-electron chi connectivity index (χ1n) is 8.10. The summed E-state index contributed by atoms with van der Waals surface area (Å²) < 4.78 is 12.0. The summed E-state index contributed by atoms with van der Waals surface area (Å²) >= 11 is 0.